The van der Waals surface area contributed by atoms with Crippen LogP contribution in [0.25, 0.3) is 11.0 Å². The van der Waals surface area contributed by atoms with Crippen molar-refractivity contribution in [2.75, 3.05) is 17.7 Å². The van der Waals surface area contributed by atoms with Crippen molar-refractivity contribution in [1.29, 1.82) is 0 Å². The van der Waals surface area contributed by atoms with Crippen LogP contribution in [0, 0.1) is 5.82 Å². The predicted octanol–water partition coefficient (Wildman–Crippen LogP) is 2.85. The smallest absolute Gasteiger partial charge is 0.201 e. The fraction of sp³-hybridized carbons (Fsp3) is 0.417. The number of imidazole rings is 1. The van der Waals surface area contributed by atoms with Gasteiger partial charge < -0.3 is 10.3 Å². The molecule has 0 saturated heterocycles. The number of hydrogen-bond donors (Lipinski definition) is 1. The highest BCUT2D eigenvalue weighted by Gasteiger charge is 2.16. The summed E-state index contributed by atoms with van der Waals surface area (Å²) in [5, 5.41) is 0. The summed E-state index contributed by atoms with van der Waals surface area (Å²) in [6.07, 6.45) is 2.37. The van der Waals surface area contributed by atoms with Crippen LogP contribution in [0.2, 0.25) is 0 Å². The van der Waals surface area contributed by atoms with Crippen molar-refractivity contribution in [3.05, 3.63) is 22.4 Å². The van der Waals surface area contributed by atoms with Gasteiger partial charge in [-0.05, 0) is 35.3 Å². The molecule has 1 aromatic carbocycles. The molecule has 1 aromatic heterocycles. The number of nitrogen functional groups attached to an aromatic ring is 1. The van der Waals surface area contributed by atoms with Gasteiger partial charge in [0.05, 0.1) is 15.5 Å². The predicted molar refractivity (Wildman–Crippen MR) is 80.1 cm³/mol. The molecule has 0 aliphatic carbocycles. The van der Waals surface area contributed by atoms with Crippen LogP contribution in [0.15, 0.2) is 16.6 Å². The first-order valence-corrected chi connectivity index (χ1v) is 8.34. The maximum absolute atomic E-state index is 13.6. The van der Waals surface area contributed by atoms with E-state index < -0.39 is 10.8 Å². The van der Waals surface area contributed by atoms with Crippen molar-refractivity contribution in [2.45, 2.75) is 19.4 Å². The van der Waals surface area contributed by atoms with Gasteiger partial charge >= 0.3 is 0 Å². The maximum atomic E-state index is 13.6. The van der Waals surface area contributed by atoms with Crippen molar-refractivity contribution in [2.24, 2.45) is 0 Å². The number of fused-ring (bicyclic) bond motifs is 1. The van der Waals surface area contributed by atoms with Gasteiger partial charge in [-0.15, -0.1) is 0 Å². The lowest BCUT2D eigenvalue weighted by Gasteiger charge is -2.15. The Kier molecular flexibility index (Phi) is 4.25. The van der Waals surface area contributed by atoms with Crippen LogP contribution in [-0.2, 0) is 10.8 Å². The summed E-state index contributed by atoms with van der Waals surface area (Å²) < 4.78 is 26.9. The van der Waals surface area contributed by atoms with Crippen LogP contribution in [0.3, 0.4) is 0 Å². The van der Waals surface area contributed by atoms with Crippen molar-refractivity contribution in [1.82, 2.24) is 9.55 Å². The van der Waals surface area contributed by atoms with Crippen molar-refractivity contribution >= 4 is 43.7 Å². The van der Waals surface area contributed by atoms with Crippen molar-refractivity contribution in [3.63, 3.8) is 0 Å². The Labute approximate surface area is 121 Å². The SMILES string of the molecule is CC(CCS(C)=O)n1c(N)nc2cc(Br)c(F)cc21. The molecule has 7 heteroatoms. The monoisotopic (exact) mass is 347 g/mol. The second-order valence-electron chi connectivity index (χ2n) is 4.51. The van der Waals surface area contributed by atoms with E-state index in [1.54, 1.807) is 16.9 Å². The van der Waals surface area contributed by atoms with Gasteiger partial charge in [-0.2, -0.15) is 0 Å². The second-order valence-corrected chi connectivity index (χ2v) is 6.92. The summed E-state index contributed by atoms with van der Waals surface area (Å²) in [5.74, 6) is 0.584. The number of rotatable bonds is 4. The minimum Gasteiger partial charge on any atom is -0.369 e. The van der Waals surface area contributed by atoms with Gasteiger partial charge in [-0.25, -0.2) is 9.37 Å². The van der Waals surface area contributed by atoms with E-state index in [4.69, 9.17) is 5.73 Å². The first kappa shape index (κ1) is 14.5. The molecule has 0 saturated carbocycles. The lowest BCUT2D eigenvalue weighted by molar-refractivity contribution is 0.550. The number of benzene rings is 1. The van der Waals surface area contributed by atoms with Gasteiger partial charge in [0.25, 0.3) is 0 Å². The Bertz CT molecular complexity index is 643. The molecule has 0 bridgehead atoms. The number of aromatic nitrogens is 2. The van der Waals surface area contributed by atoms with E-state index in [9.17, 15) is 8.60 Å². The van der Waals surface area contributed by atoms with E-state index in [1.165, 1.54) is 6.07 Å². The lowest BCUT2D eigenvalue weighted by atomic mass is 10.2. The van der Waals surface area contributed by atoms with Crippen LogP contribution in [-0.4, -0.2) is 25.8 Å². The third-order valence-electron chi connectivity index (χ3n) is 3.02. The molecule has 2 N–H and O–H groups in total. The van der Waals surface area contributed by atoms with E-state index in [-0.39, 0.29) is 11.9 Å². The summed E-state index contributed by atoms with van der Waals surface area (Å²) in [7, 11) is -0.852. The van der Waals surface area contributed by atoms with E-state index in [0.717, 1.165) is 0 Å². The molecule has 2 aromatic rings. The van der Waals surface area contributed by atoms with Gasteiger partial charge in [-0.3, -0.25) is 4.21 Å². The zero-order valence-corrected chi connectivity index (χ0v) is 13.1. The third-order valence-corrected chi connectivity index (χ3v) is 4.44. The number of hydrogen-bond acceptors (Lipinski definition) is 3. The molecule has 0 fully saturated rings. The highest BCUT2D eigenvalue weighted by molar-refractivity contribution is 9.10. The molecule has 1 heterocycles. The van der Waals surface area contributed by atoms with Crippen LogP contribution in [0.4, 0.5) is 10.3 Å². The zero-order chi connectivity index (χ0) is 14.2. The Balaban J connectivity index is 2.44. The zero-order valence-electron chi connectivity index (χ0n) is 10.7. The molecular formula is C12H15BrFN3OS. The summed E-state index contributed by atoms with van der Waals surface area (Å²) >= 11 is 3.13. The lowest BCUT2D eigenvalue weighted by Crippen LogP contribution is -2.11. The Hall–Kier alpha value is -0.950. The number of anilines is 1. The number of nitrogens with zero attached hydrogens (tertiary/aromatic N) is 2. The molecule has 2 atom stereocenters. The fourth-order valence-corrected chi connectivity index (χ4v) is 3.04. The minimum atomic E-state index is -0.852. The Morgan fingerprint density at radius 2 is 2.26 bits per heavy atom. The second kappa shape index (κ2) is 5.58. The van der Waals surface area contributed by atoms with E-state index in [0.29, 0.717) is 33.6 Å². The van der Waals surface area contributed by atoms with Gasteiger partial charge in [0, 0.05) is 34.9 Å². The van der Waals surface area contributed by atoms with Gasteiger partial charge in [-0.1, -0.05) is 0 Å². The Morgan fingerprint density at radius 1 is 1.58 bits per heavy atom. The molecule has 0 spiro atoms. The van der Waals surface area contributed by atoms with Crippen LogP contribution in [0.1, 0.15) is 19.4 Å². The average molecular weight is 348 g/mol. The van der Waals surface area contributed by atoms with Gasteiger partial charge in [0.2, 0.25) is 5.95 Å². The topological polar surface area (TPSA) is 60.9 Å². The highest BCUT2D eigenvalue weighted by Crippen LogP contribution is 2.28. The standard InChI is InChI=1S/C12H15BrFN3OS/c1-7(3-4-19(2)18)17-11-6-9(14)8(13)5-10(11)16-12(17)15/h5-7H,3-4H2,1-2H3,(H2,15,16). The number of nitrogens with two attached hydrogens (primary N) is 1. The normalized spacial score (nSPS) is 14.7. The average Bonchev–Trinajstić information content (AvgIpc) is 2.62. The summed E-state index contributed by atoms with van der Waals surface area (Å²) in [6, 6.07) is 3.05. The van der Waals surface area contributed by atoms with E-state index >= 15 is 0 Å². The van der Waals surface area contributed by atoms with Gasteiger partial charge in [0.1, 0.15) is 5.82 Å². The van der Waals surface area contributed by atoms with Crippen LogP contribution in [0.5, 0.6) is 0 Å². The summed E-state index contributed by atoms with van der Waals surface area (Å²) in [6.45, 7) is 1.96. The first-order valence-electron chi connectivity index (χ1n) is 5.82. The summed E-state index contributed by atoms with van der Waals surface area (Å²) in [5.41, 5.74) is 7.21. The first-order chi connectivity index (χ1) is 8.90. The summed E-state index contributed by atoms with van der Waals surface area (Å²) in [4.78, 5) is 4.23. The van der Waals surface area contributed by atoms with Crippen LogP contribution < -0.4 is 5.73 Å². The molecule has 104 valence electrons. The number of halogens is 2. The molecule has 2 unspecified atom stereocenters. The largest absolute Gasteiger partial charge is 0.369 e. The molecule has 4 nitrogen and oxygen atoms in total. The minimum absolute atomic E-state index is 0.0227. The molecule has 2 rings (SSSR count). The molecule has 19 heavy (non-hydrogen) atoms. The van der Waals surface area contributed by atoms with Crippen molar-refractivity contribution < 1.29 is 8.60 Å². The quantitative estimate of drug-likeness (QED) is 0.924. The molecule has 0 amide bonds. The van der Waals surface area contributed by atoms with Gasteiger partial charge in [0.15, 0.2) is 0 Å². The van der Waals surface area contributed by atoms with Crippen molar-refractivity contribution in [3.8, 4) is 0 Å². The fourth-order valence-electron chi connectivity index (χ4n) is 2.04. The third kappa shape index (κ3) is 2.97. The van der Waals surface area contributed by atoms with E-state index in [2.05, 4.69) is 20.9 Å². The van der Waals surface area contributed by atoms with Crippen LogP contribution >= 0.6 is 15.9 Å². The Morgan fingerprint density at radius 3 is 2.89 bits per heavy atom. The maximum Gasteiger partial charge on any atom is 0.201 e. The van der Waals surface area contributed by atoms with E-state index in [1.807, 2.05) is 6.92 Å². The highest BCUT2D eigenvalue weighted by atomic mass is 79.9. The molecule has 0 aliphatic rings. The molecule has 0 aliphatic heterocycles. The molecule has 0 radical (unpaired) electrons. The molecular weight excluding hydrogens is 333 g/mol.